The first-order valence-electron chi connectivity index (χ1n) is 6.54. The van der Waals surface area contributed by atoms with E-state index in [1.165, 1.54) is 24.3 Å². The van der Waals surface area contributed by atoms with Crippen molar-refractivity contribution in [3.8, 4) is 0 Å². The molecule has 0 saturated heterocycles. The predicted octanol–water partition coefficient (Wildman–Crippen LogP) is 3.70. The SMILES string of the molecule is Cc1cccc(C(O)C(CN)c2c(F)cccc2Cl)c1F. The van der Waals surface area contributed by atoms with Crippen LogP contribution in [0.1, 0.15) is 28.7 Å². The van der Waals surface area contributed by atoms with Gasteiger partial charge >= 0.3 is 0 Å². The van der Waals surface area contributed by atoms with Crippen molar-refractivity contribution in [2.24, 2.45) is 5.73 Å². The second kappa shape index (κ2) is 6.52. The van der Waals surface area contributed by atoms with E-state index in [4.69, 9.17) is 17.3 Å². The van der Waals surface area contributed by atoms with Crippen molar-refractivity contribution in [3.05, 3.63) is 69.7 Å². The maximum absolute atomic E-state index is 14.1. The van der Waals surface area contributed by atoms with Crippen molar-refractivity contribution in [2.75, 3.05) is 6.54 Å². The Labute approximate surface area is 127 Å². The van der Waals surface area contributed by atoms with Gasteiger partial charge in [-0.25, -0.2) is 8.78 Å². The highest BCUT2D eigenvalue weighted by atomic mass is 35.5. The Morgan fingerprint density at radius 2 is 1.86 bits per heavy atom. The van der Waals surface area contributed by atoms with Gasteiger partial charge in [0.15, 0.2) is 0 Å². The summed E-state index contributed by atoms with van der Waals surface area (Å²) in [6, 6.07) is 8.91. The average molecular weight is 312 g/mol. The molecular formula is C16H16ClF2NO. The normalized spacial score (nSPS) is 14.0. The van der Waals surface area contributed by atoms with Crippen LogP contribution in [0, 0.1) is 18.6 Å². The number of aryl methyl sites for hydroxylation is 1. The van der Waals surface area contributed by atoms with E-state index < -0.39 is 23.7 Å². The molecule has 3 N–H and O–H groups in total. The van der Waals surface area contributed by atoms with Gasteiger partial charge in [0.25, 0.3) is 0 Å². The van der Waals surface area contributed by atoms with E-state index in [9.17, 15) is 13.9 Å². The van der Waals surface area contributed by atoms with E-state index in [2.05, 4.69) is 0 Å². The summed E-state index contributed by atoms with van der Waals surface area (Å²) in [6.07, 6.45) is -1.27. The van der Waals surface area contributed by atoms with E-state index in [0.29, 0.717) is 5.56 Å². The van der Waals surface area contributed by atoms with Gasteiger partial charge in [0, 0.05) is 28.6 Å². The van der Waals surface area contributed by atoms with Crippen LogP contribution in [0.5, 0.6) is 0 Å². The number of hydrogen-bond donors (Lipinski definition) is 2. The largest absolute Gasteiger partial charge is 0.388 e. The first kappa shape index (κ1) is 15.9. The molecule has 0 bridgehead atoms. The van der Waals surface area contributed by atoms with Gasteiger partial charge in [-0.05, 0) is 24.6 Å². The summed E-state index contributed by atoms with van der Waals surface area (Å²) in [6.45, 7) is 1.54. The maximum Gasteiger partial charge on any atom is 0.131 e. The zero-order valence-corrected chi connectivity index (χ0v) is 12.2. The molecule has 0 amide bonds. The molecule has 0 spiro atoms. The first-order valence-corrected chi connectivity index (χ1v) is 6.92. The lowest BCUT2D eigenvalue weighted by molar-refractivity contribution is 0.141. The first-order chi connectivity index (χ1) is 9.97. The van der Waals surface area contributed by atoms with Crippen LogP contribution in [0.3, 0.4) is 0 Å². The smallest absolute Gasteiger partial charge is 0.131 e. The van der Waals surface area contributed by atoms with E-state index in [1.54, 1.807) is 19.1 Å². The summed E-state index contributed by atoms with van der Waals surface area (Å²) >= 11 is 6.01. The van der Waals surface area contributed by atoms with Gasteiger partial charge in [0.1, 0.15) is 11.6 Å². The molecule has 0 aliphatic rings. The zero-order valence-electron chi connectivity index (χ0n) is 11.5. The fourth-order valence-electron chi connectivity index (χ4n) is 2.38. The van der Waals surface area contributed by atoms with Crippen molar-refractivity contribution in [2.45, 2.75) is 18.9 Å². The second-order valence-electron chi connectivity index (χ2n) is 4.90. The van der Waals surface area contributed by atoms with Crippen LogP contribution in [0.25, 0.3) is 0 Å². The van der Waals surface area contributed by atoms with E-state index >= 15 is 0 Å². The number of rotatable bonds is 4. The van der Waals surface area contributed by atoms with Crippen LogP contribution in [0.2, 0.25) is 5.02 Å². The van der Waals surface area contributed by atoms with Crippen LogP contribution in [0.15, 0.2) is 36.4 Å². The molecule has 0 fully saturated rings. The van der Waals surface area contributed by atoms with Gasteiger partial charge < -0.3 is 10.8 Å². The van der Waals surface area contributed by atoms with Crippen molar-refractivity contribution >= 4 is 11.6 Å². The summed E-state index contributed by atoms with van der Waals surface area (Å²) in [5.74, 6) is -1.91. The molecule has 2 aromatic carbocycles. The third-order valence-corrected chi connectivity index (χ3v) is 3.88. The Kier molecular flexibility index (Phi) is 4.93. The molecule has 2 atom stereocenters. The average Bonchev–Trinajstić information content (AvgIpc) is 2.45. The third-order valence-electron chi connectivity index (χ3n) is 3.55. The minimum Gasteiger partial charge on any atom is -0.388 e. The lowest BCUT2D eigenvalue weighted by atomic mass is 9.88. The molecule has 0 aromatic heterocycles. The van der Waals surface area contributed by atoms with E-state index in [1.807, 2.05) is 0 Å². The Balaban J connectivity index is 2.48. The summed E-state index contributed by atoms with van der Waals surface area (Å²) in [5.41, 5.74) is 6.26. The number of benzene rings is 2. The van der Waals surface area contributed by atoms with Gasteiger partial charge in [-0.1, -0.05) is 35.9 Å². The van der Waals surface area contributed by atoms with Gasteiger partial charge in [0.2, 0.25) is 0 Å². The Morgan fingerprint density at radius 1 is 1.19 bits per heavy atom. The standard InChI is InChI=1S/C16H16ClF2NO/c1-9-4-2-5-10(15(9)19)16(21)11(8-20)14-12(17)6-3-7-13(14)18/h2-7,11,16,21H,8,20H2,1H3. The molecule has 0 heterocycles. The van der Waals surface area contributed by atoms with Crippen LogP contribution in [0.4, 0.5) is 8.78 Å². The van der Waals surface area contributed by atoms with Crippen LogP contribution < -0.4 is 5.73 Å². The lowest BCUT2D eigenvalue weighted by Gasteiger charge is -2.24. The molecule has 5 heteroatoms. The zero-order chi connectivity index (χ0) is 15.6. The molecule has 2 rings (SSSR count). The quantitative estimate of drug-likeness (QED) is 0.904. The Morgan fingerprint density at radius 3 is 2.48 bits per heavy atom. The number of nitrogens with two attached hydrogens (primary N) is 1. The van der Waals surface area contributed by atoms with Crippen molar-refractivity contribution in [1.29, 1.82) is 0 Å². The van der Waals surface area contributed by atoms with Crippen molar-refractivity contribution in [1.82, 2.24) is 0 Å². The van der Waals surface area contributed by atoms with E-state index in [0.717, 1.165) is 0 Å². The van der Waals surface area contributed by atoms with Crippen molar-refractivity contribution in [3.63, 3.8) is 0 Å². The molecule has 2 aromatic rings. The van der Waals surface area contributed by atoms with Crippen LogP contribution in [-0.2, 0) is 0 Å². The van der Waals surface area contributed by atoms with Gasteiger partial charge in [-0.2, -0.15) is 0 Å². The fraction of sp³-hybridized carbons (Fsp3) is 0.250. The number of aliphatic hydroxyl groups is 1. The van der Waals surface area contributed by atoms with Crippen molar-refractivity contribution < 1.29 is 13.9 Å². The number of halogens is 3. The molecule has 0 aliphatic heterocycles. The molecule has 0 radical (unpaired) electrons. The van der Waals surface area contributed by atoms with Gasteiger partial charge in [-0.15, -0.1) is 0 Å². The molecule has 21 heavy (non-hydrogen) atoms. The Hall–Kier alpha value is -1.49. The Bertz CT molecular complexity index is 628. The summed E-state index contributed by atoms with van der Waals surface area (Å²) in [7, 11) is 0. The molecule has 112 valence electrons. The minimum absolute atomic E-state index is 0.0603. The fourth-order valence-corrected chi connectivity index (χ4v) is 2.69. The second-order valence-corrected chi connectivity index (χ2v) is 5.31. The topological polar surface area (TPSA) is 46.2 Å². The van der Waals surface area contributed by atoms with Gasteiger partial charge in [0.05, 0.1) is 6.10 Å². The highest BCUT2D eigenvalue weighted by Crippen LogP contribution is 2.36. The highest BCUT2D eigenvalue weighted by molar-refractivity contribution is 6.31. The van der Waals surface area contributed by atoms with Crippen LogP contribution >= 0.6 is 11.6 Å². The molecular weight excluding hydrogens is 296 g/mol. The van der Waals surface area contributed by atoms with Gasteiger partial charge in [-0.3, -0.25) is 0 Å². The predicted molar refractivity (Wildman–Crippen MR) is 79.3 cm³/mol. The third kappa shape index (κ3) is 3.07. The molecule has 0 saturated carbocycles. The lowest BCUT2D eigenvalue weighted by Crippen LogP contribution is -2.22. The highest BCUT2D eigenvalue weighted by Gasteiger charge is 2.28. The van der Waals surface area contributed by atoms with Crippen LogP contribution in [-0.4, -0.2) is 11.7 Å². The number of aliphatic hydroxyl groups excluding tert-OH is 1. The monoisotopic (exact) mass is 311 g/mol. The molecule has 0 aliphatic carbocycles. The summed E-state index contributed by atoms with van der Waals surface area (Å²) in [4.78, 5) is 0. The minimum atomic E-state index is -1.27. The summed E-state index contributed by atoms with van der Waals surface area (Å²) in [5, 5.41) is 10.6. The maximum atomic E-state index is 14.1. The molecule has 2 nitrogen and oxygen atoms in total. The van der Waals surface area contributed by atoms with E-state index in [-0.39, 0.29) is 22.7 Å². The number of hydrogen-bond acceptors (Lipinski definition) is 2. The molecule has 2 unspecified atom stereocenters. The summed E-state index contributed by atoms with van der Waals surface area (Å²) < 4.78 is 28.1.